The first-order chi connectivity index (χ1) is 7.67. The third kappa shape index (κ3) is 6.86. The maximum atomic E-state index is 10.4. The Morgan fingerprint density at radius 2 is 1.82 bits per heavy atom. The van der Waals surface area contributed by atoms with E-state index >= 15 is 0 Å². The maximum absolute atomic E-state index is 10.4. The molecule has 0 fully saturated rings. The lowest BCUT2D eigenvalue weighted by molar-refractivity contribution is 0.0697. The van der Waals surface area contributed by atoms with Crippen LogP contribution in [0.15, 0.2) is 18.2 Å². The van der Waals surface area contributed by atoms with E-state index in [1.165, 1.54) is 24.1 Å². The van der Waals surface area contributed by atoms with Gasteiger partial charge < -0.3 is 10.8 Å². The third-order valence-corrected chi connectivity index (χ3v) is 2.59. The van der Waals surface area contributed by atoms with E-state index in [0.29, 0.717) is 5.69 Å². The quantitative estimate of drug-likeness (QED) is 0.531. The molecule has 0 aliphatic carbocycles. The highest BCUT2D eigenvalue weighted by Gasteiger charge is 2.05. The molecule has 0 saturated heterocycles. The van der Waals surface area contributed by atoms with Gasteiger partial charge in [-0.05, 0) is 45.4 Å². The van der Waals surface area contributed by atoms with Crippen molar-refractivity contribution in [2.45, 2.75) is 32.4 Å². The number of carboxylic acid groups (broad SMARTS) is 1. The van der Waals surface area contributed by atoms with E-state index in [-0.39, 0.29) is 10.3 Å². The van der Waals surface area contributed by atoms with E-state index in [0.717, 1.165) is 5.56 Å². The number of aryl methyl sites for hydroxylation is 1. The summed E-state index contributed by atoms with van der Waals surface area (Å²) in [6, 6.07) is 4.69. The average Bonchev–Trinajstić information content (AvgIpc) is 2.21. The van der Waals surface area contributed by atoms with Crippen molar-refractivity contribution < 1.29 is 9.90 Å². The van der Waals surface area contributed by atoms with Crippen LogP contribution in [0.2, 0.25) is 0 Å². The topological polar surface area (TPSA) is 89.3 Å². The predicted octanol–water partition coefficient (Wildman–Crippen LogP) is 2.67. The second-order valence-electron chi connectivity index (χ2n) is 4.61. The molecule has 96 valence electrons. The van der Waals surface area contributed by atoms with Crippen LogP contribution in [0.5, 0.6) is 0 Å². The van der Waals surface area contributed by atoms with Crippen LogP contribution in [0, 0.1) is 6.92 Å². The fourth-order valence-corrected chi connectivity index (χ4v) is 0.774. The smallest absolute Gasteiger partial charge is 0.335 e. The van der Waals surface area contributed by atoms with Gasteiger partial charge in [0.15, 0.2) is 0 Å². The number of nitrogen functional groups attached to an aromatic ring is 1. The molecule has 0 unspecified atom stereocenters. The SMILES string of the molecule is CC(C)(C)SN.Cc1ccc(C(=O)O)cc1N. The molecular formula is C12H20N2O2S. The average molecular weight is 256 g/mol. The highest BCUT2D eigenvalue weighted by molar-refractivity contribution is 7.98. The van der Waals surface area contributed by atoms with Crippen molar-refractivity contribution in [3.05, 3.63) is 29.3 Å². The number of rotatable bonds is 1. The van der Waals surface area contributed by atoms with Gasteiger partial charge in [0.2, 0.25) is 0 Å². The monoisotopic (exact) mass is 256 g/mol. The fraction of sp³-hybridized carbons (Fsp3) is 0.417. The molecule has 5 heteroatoms. The minimum absolute atomic E-state index is 0.230. The molecule has 1 rings (SSSR count). The molecule has 0 amide bonds. The number of nitrogens with two attached hydrogens (primary N) is 2. The Morgan fingerprint density at radius 3 is 2.12 bits per heavy atom. The third-order valence-electron chi connectivity index (χ3n) is 1.88. The van der Waals surface area contributed by atoms with Crippen LogP contribution in [0.1, 0.15) is 36.7 Å². The van der Waals surface area contributed by atoms with Gasteiger partial charge in [-0.15, -0.1) is 0 Å². The molecule has 0 saturated carbocycles. The Bertz CT molecular complexity index is 387. The van der Waals surface area contributed by atoms with E-state index in [9.17, 15) is 4.79 Å². The van der Waals surface area contributed by atoms with Gasteiger partial charge in [-0.3, -0.25) is 5.14 Å². The van der Waals surface area contributed by atoms with Gasteiger partial charge in [-0.2, -0.15) is 0 Å². The van der Waals surface area contributed by atoms with Crippen molar-refractivity contribution in [1.29, 1.82) is 0 Å². The first kappa shape index (κ1) is 15.8. The van der Waals surface area contributed by atoms with Crippen molar-refractivity contribution in [2.75, 3.05) is 5.73 Å². The first-order valence-corrected chi connectivity index (χ1v) is 6.02. The van der Waals surface area contributed by atoms with Gasteiger partial charge in [-0.25, -0.2) is 4.79 Å². The van der Waals surface area contributed by atoms with Gasteiger partial charge in [0.1, 0.15) is 0 Å². The van der Waals surface area contributed by atoms with Gasteiger partial charge in [0, 0.05) is 10.4 Å². The molecule has 0 atom stereocenters. The van der Waals surface area contributed by atoms with Crippen molar-refractivity contribution in [1.82, 2.24) is 0 Å². The normalized spacial score (nSPS) is 10.4. The standard InChI is InChI=1S/C8H9NO2.C4H11NS/c1-5-2-3-6(8(10)11)4-7(5)9;1-4(2,3)6-5/h2-4H,9H2,1H3,(H,10,11);5H2,1-3H3. The molecule has 0 radical (unpaired) electrons. The molecule has 4 nitrogen and oxygen atoms in total. The van der Waals surface area contributed by atoms with Gasteiger partial charge in [0.05, 0.1) is 5.56 Å². The van der Waals surface area contributed by atoms with Crippen molar-refractivity contribution in [3.8, 4) is 0 Å². The summed E-state index contributed by atoms with van der Waals surface area (Å²) in [5.74, 6) is -0.947. The summed E-state index contributed by atoms with van der Waals surface area (Å²) in [6.07, 6.45) is 0. The van der Waals surface area contributed by atoms with Crippen LogP contribution in [0.4, 0.5) is 5.69 Å². The Kier molecular flexibility index (Phi) is 6.05. The molecule has 0 aliphatic rings. The zero-order valence-corrected chi connectivity index (χ0v) is 11.5. The number of hydrogen-bond acceptors (Lipinski definition) is 4. The van der Waals surface area contributed by atoms with Crippen LogP contribution < -0.4 is 10.9 Å². The van der Waals surface area contributed by atoms with E-state index < -0.39 is 5.97 Å². The molecule has 5 N–H and O–H groups in total. The van der Waals surface area contributed by atoms with Crippen LogP contribution in [0.3, 0.4) is 0 Å². The first-order valence-electron chi connectivity index (χ1n) is 5.14. The van der Waals surface area contributed by atoms with Crippen LogP contribution in [0.25, 0.3) is 0 Å². The van der Waals surface area contributed by atoms with Gasteiger partial charge >= 0.3 is 5.97 Å². The minimum Gasteiger partial charge on any atom is -0.478 e. The minimum atomic E-state index is -0.947. The van der Waals surface area contributed by atoms with Gasteiger partial charge in [-0.1, -0.05) is 18.0 Å². The Hall–Kier alpha value is -1.20. The molecule has 0 heterocycles. The Balaban J connectivity index is 0.000000366. The predicted molar refractivity (Wildman–Crippen MR) is 74.1 cm³/mol. The highest BCUT2D eigenvalue weighted by atomic mass is 32.2. The largest absolute Gasteiger partial charge is 0.478 e. The summed E-state index contributed by atoms with van der Waals surface area (Å²) < 4.78 is 0.236. The lowest BCUT2D eigenvalue weighted by Gasteiger charge is -2.11. The van der Waals surface area contributed by atoms with Crippen molar-refractivity contribution >= 4 is 23.6 Å². The van der Waals surface area contributed by atoms with Crippen LogP contribution in [-0.4, -0.2) is 15.8 Å². The molecule has 17 heavy (non-hydrogen) atoms. The summed E-state index contributed by atoms with van der Waals surface area (Å²) in [6.45, 7) is 8.08. The summed E-state index contributed by atoms with van der Waals surface area (Å²) in [5.41, 5.74) is 7.14. The Morgan fingerprint density at radius 1 is 1.35 bits per heavy atom. The number of carboxylic acids is 1. The number of benzene rings is 1. The molecule has 0 bridgehead atoms. The molecular weight excluding hydrogens is 236 g/mol. The second-order valence-corrected chi connectivity index (χ2v) is 6.07. The molecule has 0 aromatic heterocycles. The fourth-order valence-electron chi connectivity index (χ4n) is 0.774. The summed E-state index contributed by atoms with van der Waals surface area (Å²) in [7, 11) is 0. The second kappa shape index (κ2) is 6.51. The maximum Gasteiger partial charge on any atom is 0.335 e. The summed E-state index contributed by atoms with van der Waals surface area (Å²) >= 11 is 1.38. The number of anilines is 1. The van der Waals surface area contributed by atoms with Crippen molar-refractivity contribution in [3.63, 3.8) is 0 Å². The summed E-state index contributed by atoms with van der Waals surface area (Å²) in [5, 5.41) is 13.8. The molecule has 0 aliphatic heterocycles. The van der Waals surface area contributed by atoms with Crippen molar-refractivity contribution in [2.24, 2.45) is 5.14 Å². The molecule has 1 aromatic rings. The van der Waals surface area contributed by atoms with Crippen LogP contribution in [-0.2, 0) is 0 Å². The van der Waals surface area contributed by atoms with E-state index in [1.807, 2.05) is 6.92 Å². The summed E-state index contributed by atoms with van der Waals surface area (Å²) in [4.78, 5) is 10.4. The number of carbonyl (C=O) groups is 1. The molecule has 1 aromatic carbocycles. The molecule has 0 spiro atoms. The van der Waals surface area contributed by atoms with E-state index in [4.69, 9.17) is 16.0 Å². The van der Waals surface area contributed by atoms with Gasteiger partial charge in [0.25, 0.3) is 0 Å². The lowest BCUT2D eigenvalue weighted by Crippen LogP contribution is -2.09. The van der Waals surface area contributed by atoms with Crippen LogP contribution >= 0.6 is 11.9 Å². The zero-order chi connectivity index (χ0) is 13.6. The number of aromatic carboxylic acids is 1. The zero-order valence-electron chi connectivity index (χ0n) is 10.7. The van der Waals surface area contributed by atoms with E-state index in [1.54, 1.807) is 6.07 Å². The Labute approximate surface area is 107 Å². The highest BCUT2D eigenvalue weighted by Crippen LogP contribution is 2.15. The number of hydrogen-bond donors (Lipinski definition) is 3. The lowest BCUT2D eigenvalue weighted by atomic mass is 10.1. The van der Waals surface area contributed by atoms with E-state index in [2.05, 4.69) is 20.8 Å².